The Bertz CT molecular complexity index is 2240. The van der Waals surface area contributed by atoms with Gasteiger partial charge in [0.15, 0.2) is 0 Å². The molecule has 0 unspecified atom stereocenters. The molecule has 0 saturated carbocycles. The lowest BCUT2D eigenvalue weighted by atomic mass is 9.83. The van der Waals surface area contributed by atoms with Crippen LogP contribution < -0.4 is 0 Å². The monoisotopic (exact) mass is 550 g/mol. The summed E-state index contributed by atoms with van der Waals surface area (Å²) >= 11 is 0. The molecule has 204 valence electrons. The molecule has 43 heavy (non-hydrogen) atoms. The zero-order chi connectivity index (χ0) is 28.9. The number of benzene rings is 7. The molecule has 0 aliphatic rings. The van der Waals surface area contributed by atoms with Crippen LogP contribution >= 0.6 is 0 Å². The number of aromatic nitrogens is 2. The van der Waals surface area contributed by atoms with Gasteiger partial charge in [-0.3, -0.25) is 0 Å². The van der Waals surface area contributed by atoms with Crippen molar-refractivity contribution in [2.24, 2.45) is 0 Å². The number of hydrogen-bond acceptors (Lipinski definition) is 1. The first-order chi connectivity index (χ1) is 21.2. The van der Waals surface area contributed by atoms with Crippen LogP contribution in [0.2, 0.25) is 0 Å². The summed E-state index contributed by atoms with van der Waals surface area (Å²) in [6.07, 6.45) is 0. The molecule has 0 aliphatic carbocycles. The molecule has 0 fully saturated rings. The predicted molar refractivity (Wildman–Crippen MR) is 182 cm³/mol. The third-order valence-corrected chi connectivity index (χ3v) is 8.75. The molecular formula is C41H30N2. The van der Waals surface area contributed by atoms with Gasteiger partial charge in [0.05, 0.1) is 11.4 Å². The molecule has 2 nitrogen and oxygen atoms in total. The molecule has 0 amide bonds. The Morgan fingerprint density at radius 3 is 1.42 bits per heavy atom. The highest BCUT2D eigenvalue weighted by atomic mass is 15.3. The van der Waals surface area contributed by atoms with E-state index in [4.69, 9.17) is 5.10 Å². The number of hydrogen-bond donors (Lipinski definition) is 0. The quantitative estimate of drug-likeness (QED) is 0.199. The van der Waals surface area contributed by atoms with E-state index in [0.29, 0.717) is 0 Å². The molecule has 0 aliphatic heterocycles. The Hall–Kier alpha value is -5.47. The van der Waals surface area contributed by atoms with Crippen molar-refractivity contribution in [2.75, 3.05) is 0 Å². The number of rotatable bonds is 4. The van der Waals surface area contributed by atoms with E-state index in [1.807, 2.05) is 6.07 Å². The number of nitrogens with zero attached hydrogens (tertiary/aromatic N) is 2. The lowest BCUT2D eigenvalue weighted by Gasteiger charge is -2.20. The second-order valence-electron chi connectivity index (χ2n) is 11.2. The first kappa shape index (κ1) is 25.3. The Morgan fingerprint density at radius 2 is 0.837 bits per heavy atom. The molecule has 0 spiro atoms. The maximum Gasteiger partial charge on any atom is 0.0679 e. The van der Waals surface area contributed by atoms with Gasteiger partial charge in [-0.05, 0) is 80.6 Å². The van der Waals surface area contributed by atoms with Gasteiger partial charge in [0.2, 0.25) is 0 Å². The fraction of sp³-hybridized carbons (Fsp3) is 0.0488. The third kappa shape index (κ3) is 3.99. The molecule has 0 atom stereocenters. The molecule has 0 radical (unpaired) electrons. The van der Waals surface area contributed by atoms with Gasteiger partial charge in [-0.25, -0.2) is 4.68 Å². The van der Waals surface area contributed by atoms with Crippen LogP contribution in [0.3, 0.4) is 0 Å². The van der Waals surface area contributed by atoms with Gasteiger partial charge in [0, 0.05) is 16.8 Å². The molecule has 2 heteroatoms. The fourth-order valence-electron chi connectivity index (χ4n) is 6.90. The van der Waals surface area contributed by atoms with Crippen molar-refractivity contribution in [3.8, 4) is 39.1 Å². The third-order valence-electron chi connectivity index (χ3n) is 8.75. The van der Waals surface area contributed by atoms with Crippen LogP contribution in [0, 0.1) is 13.8 Å². The standard InChI is InChI=1S/C41H30N2/c1-27-39(28(2)43(42-27)30-17-7-4-8-18-30)41-36-23-13-11-21-34(36)40(35-22-12-14-24-37(35)41)38-26-25-31(29-15-5-3-6-16-29)32-19-9-10-20-33(32)38/h3-26H,1-2H3. The van der Waals surface area contributed by atoms with Gasteiger partial charge < -0.3 is 0 Å². The van der Waals surface area contributed by atoms with Gasteiger partial charge in [-0.15, -0.1) is 0 Å². The van der Waals surface area contributed by atoms with E-state index < -0.39 is 0 Å². The summed E-state index contributed by atoms with van der Waals surface area (Å²) < 4.78 is 2.08. The largest absolute Gasteiger partial charge is 0.237 e. The first-order valence-corrected chi connectivity index (χ1v) is 14.8. The molecule has 0 bridgehead atoms. The highest BCUT2D eigenvalue weighted by Crippen LogP contribution is 2.47. The summed E-state index contributed by atoms with van der Waals surface area (Å²) in [5.41, 5.74) is 10.7. The molecule has 0 N–H and O–H groups in total. The van der Waals surface area contributed by atoms with E-state index in [1.165, 1.54) is 65.7 Å². The van der Waals surface area contributed by atoms with E-state index in [1.54, 1.807) is 0 Å². The number of fused-ring (bicyclic) bond motifs is 3. The average Bonchev–Trinajstić information content (AvgIpc) is 3.37. The van der Waals surface area contributed by atoms with Gasteiger partial charge in [0.1, 0.15) is 0 Å². The average molecular weight is 551 g/mol. The summed E-state index contributed by atoms with van der Waals surface area (Å²) in [6, 6.07) is 52.3. The minimum atomic E-state index is 1.03. The second-order valence-corrected chi connectivity index (χ2v) is 11.2. The molecule has 1 aromatic heterocycles. The normalized spacial score (nSPS) is 11.5. The summed E-state index contributed by atoms with van der Waals surface area (Å²) in [7, 11) is 0. The maximum atomic E-state index is 5.05. The highest BCUT2D eigenvalue weighted by Gasteiger charge is 2.23. The topological polar surface area (TPSA) is 17.8 Å². The Balaban J connectivity index is 1.47. The molecular weight excluding hydrogens is 520 g/mol. The van der Waals surface area contributed by atoms with E-state index in [-0.39, 0.29) is 0 Å². The highest BCUT2D eigenvalue weighted by molar-refractivity contribution is 6.24. The summed E-state index contributed by atoms with van der Waals surface area (Å²) in [5.74, 6) is 0. The molecule has 7 aromatic carbocycles. The van der Waals surface area contributed by atoms with Crippen molar-refractivity contribution in [2.45, 2.75) is 13.8 Å². The van der Waals surface area contributed by atoms with Crippen LogP contribution in [-0.4, -0.2) is 9.78 Å². The van der Waals surface area contributed by atoms with Crippen molar-refractivity contribution in [3.05, 3.63) is 157 Å². The Kier molecular flexibility index (Phi) is 5.94. The fourth-order valence-corrected chi connectivity index (χ4v) is 6.90. The minimum absolute atomic E-state index is 1.03. The molecule has 1 heterocycles. The molecule has 0 saturated heterocycles. The van der Waals surface area contributed by atoms with Gasteiger partial charge in [-0.1, -0.05) is 133 Å². The molecule has 8 aromatic rings. The van der Waals surface area contributed by atoms with E-state index in [2.05, 4.69) is 158 Å². The van der Waals surface area contributed by atoms with Crippen LogP contribution in [0.25, 0.3) is 71.4 Å². The summed E-state index contributed by atoms with van der Waals surface area (Å²) in [4.78, 5) is 0. The smallest absolute Gasteiger partial charge is 0.0679 e. The van der Waals surface area contributed by atoms with Gasteiger partial charge >= 0.3 is 0 Å². The summed E-state index contributed by atoms with van der Waals surface area (Å²) in [5, 5.41) is 12.6. The maximum absolute atomic E-state index is 5.05. The number of para-hydroxylation sites is 1. The zero-order valence-electron chi connectivity index (χ0n) is 24.3. The van der Waals surface area contributed by atoms with E-state index in [9.17, 15) is 0 Å². The SMILES string of the molecule is Cc1nn(-c2ccccc2)c(C)c1-c1c2ccccc2c(-c2ccc(-c3ccccc3)c3ccccc23)c2ccccc12. The lowest BCUT2D eigenvalue weighted by Crippen LogP contribution is -1.98. The van der Waals surface area contributed by atoms with Crippen molar-refractivity contribution in [1.82, 2.24) is 9.78 Å². The van der Waals surface area contributed by atoms with Crippen molar-refractivity contribution in [3.63, 3.8) is 0 Å². The first-order valence-electron chi connectivity index (χ1n) is 14.8. The minimum Gasteiger partial charge on any atom is -0.237 e. The van der Waals surface area contributed by atoms with Crippen LogP contribution in [0.15, 0.2) is 146 Å². The van der Waals surface area contributed by atoms with Crippen LogP contribution in [0.4, 0.5) is 0 Å². The second kappa shape index (κ2) is 10.1. The van der Waals surface area contributed by atoms with Crippen molar-refractivity contribution < 1.29 is 0 Å². The van der Waals surface area contributed by atoms with Crippen LogP contribution in [0.5, 0.6) is 0 Å². The van der Waals surface area contributed by atoms with Gasteiger partial charge in [0.25, 0.3) is 0 Å². The van der Waals surface area contributed by atoms with E-state index in [0.717, 1.165) is 17.1 Å². The predicted octanol–water partition coefficient (Wildman–Crippen LogP) is 10.9. The van der Waals surface area contributed by atoms with Crippen molar-refractivity contribution in [1.29, 1.82) is 0 Å². The van der Waals surface area contributed by atoms with Crippen LogP contribution in [-0.2, 0) is 0 Å². The number of aryl methyl sites for hydroxylation is 1. The lowest BCUT2D eigenvalue weighted by molar-refractivity contribution is 0.834. The van der Waals surface area contributed by atoms with Crippen LogP contribution in [0.1, 0.15) is 11.4 Å². The summed E-state index contributed by atoms with van der Waals surface area (Å²) in [6.45, 7) is 4.32. The van der Waals surface area contributed by atoms with Crippen molar-refractivity contribution >= 4 is 32.3 Å². The molecule has 8 rings (SSSR count). The Morgan fingerprint density at radius 1 is 0.395 bits per heavy atom. The Labute approximate surface area is 251 Å². The van der Waals surface area contributed by atoms with Gasteiger partial charge in [-0.2, -0.15) is 5.10 Å². The van der Waals surface area contributed by atoms with E-state index >= 15 is 0 Å². The zero-order valence-corrected chi connectivity index (χ0v) is 24.3.